The van der Waals surface area contributed by atoms with Gasteiger partial charge in [-0.05, 0) is 18.1 Å². The molecule has 2 aliphatic rings. The van der Waals surface area contributed by atoms with Gasteiger partial charge in [0.2, 0.25) is 0 Å². The quantitative estimate of drug-likeness (QED) is 0.560. The minimum absolute atomic E-state index is 0.140. The van der Waals surface area contributed by atoms with E-state index in [1.807, 2.05) is 23.3 Å². The van der Waals surface area contributed by atoms with E-state index >= 15 is 0 Å². The number of para-hydroxylation sites is 1. The molecule has 0 N–H and O–H groups in total. The van der Waals surface area contributed by atoms with E-state index in [1.165, 1.54) is 12.7 Å². The highest BCUT2D eigenvalue weighted by atomic mass is 127. The third-order valence-electron chi connectivity index (χ3n) is 3.84. The number of alkyl halides is 1. The number of hydrogen-bond donors (Lipinski definition) is 0. The van der Waals surface area contributed by atoms with Crippen LogP contribution in [0.1, 0.15) is 12.0 Å². The second kappa shape index (κ2) is 4.52. The Balaban J connectivity index is 2.09. The Morgan fingerprint density at radius 2 is 2.16 bits per heavy atom. The Hall–Kier alpha value is -1.02. The third kappa shape index (κ3) is 1.66. The molecule has 0 aliphatic carbocycles. The van der Waals surface area contributed by atoms with Gasteiger partial charge < -0.3 is 4.74 Å². The van der Waals surface area contributed by atoms with Crippen molar-refractivity contribution in [3.05, 3.63) is 29.8 Å². The fraction of sp³-hybridized carbons (Fsp3) is 0.462. The molecule has 1 saturated heterocycles. The number of hydrogen-bond acceptors (Lipinski definition) is 4. The number of amides is 1. The first-order chi connectivity index (χ1) is 9.13. The molecule has 1 fully saturated rings. The van der Waals surface area contributed by atoms with Crippen LogP contribution in [0.5, 0.6) is 0 Å². The second-order valence-corrected chi connectivity index (χ2v) is 6.60. The number of hydroxylamine groups is 1. The van der Waals surface area contributed by atoms with E-state index in [2.05, 4.69) is 28.7 Å². The van der Waals surface area contributed by atoms with Gasteiger partial charge in [-0.15, -0.1) is 0 Å². The molecule has 2 atom stereocenters. The summed E-state index contributed by atoms with van der Waals surface area (Å²) < 4.78 is 4.74. The molecule has 2 heterocycles. The van der Waals surface area contributed by atoms with Gasteiger partial charge >= 0.3 is 6.09 Å². The van der Waals surface area contributed by atoms with Crippen LogP contribution in [0.3, 0.4) is 0 Å². The average molecular weight is 374 g/mol. The summed E-state index contributed by atoms with van der Waals surface area (Å²) in [7, 11) is 3.04. The summed E-state index contributed by atoms with van der Waals surface area (Å²) >= 11 is 2.44. The third-order valence-corrected chi connectivity index (χ3v) is 5.52. The minimum Gasteiger partial charge on any atom is -0.453 e. The molecule has 3 rings (SSSR count). The summed E-state index contributed by atoms with van der Waals surface area (Å²) in [5.41, 5.74) is 2.24. The van der Waals surface area contributed by atoms with E-state index in [9.17, 15) is 4.79 Å². The van der Waals surface area contributed by atoms with E-state index in [4.69, 9.17) is 9.57 Å². The Kier molecular flexibility index (Phi) is 3.09. The molecule has 1 amide bonds. The van der Waals surface area contributed by atoms with Gasteiger partial charge in [-0.2, -0.15) is 0 Å². The summed E-state index contributed by atoms with van der Waals surface area (Å²) in [6, 6.07) is 8.13. The number of nitrogens with zero attached hydrogens (tertiary/aromatic N) is 2. The Morgan fingerprint density at radius 3 is 2.84 bits per heavy atom. The number of fused-ring (bicyclic) bond motifs is 3. The lowest BCUT2D eigenvalue weighted by Gasteiger charge is -2.33. The molecule has 1 aromatic rings. The topological polar surface area (TPSA) is 42.0 Å². The van der Waals surface area contributed by atoms with E-state index in [1.54, 1.807) is 12.0 Å². The zero-order valence-electron chi connectivity index (χ0n) is 10.8. The van der Waals surface area contributed by atoms with Crippen LogP contribution in [0.2, 0.25) is 0 Å². The maximum Gasteiger partial charge on any atom is 0.411 e. The van der Waals surface area contributed by atoms with Crippen molar-refractivity contribution in [2.24, 2.45) is 0 Å². The summed E-state index contributed by atoms with van der Waals surface area (Å²) in [5.74, 6) is 0. The number of carbonyl (C=O) groups excluding carboxylic acids is 1. The van der Waals surface area contributed by atoms with Crippen molar-refractivity contribution < 1.29 is 14.4 Å². The minimum atomic E-state index is -0.307. The summed E-state index contributed by atoms with van der Waals surface area (Å²) in [4.78, 5) is 19.2. The zero-order chi connectivity index (χ0) is 13.6. The molecule has 0 unspecified atom stereocenters. The van der Waals surface area contributed by atoms with E-state index < -0.39 is 0 Å². The number of halogens is 1. The van der Waals surface area contributed by atoms with Crippen molar-refractivity contribution in [1.82, 2.24) is 4.90 Å². The number of rotatable bonds is 1. The highest BCUT2D eigenvalue weighted by Gasteiger charge is 2.58. The van der Waals surface area contributed by atoms with Crippen LogP contribution >= 0.6 is 22.6 Å². The van der Waals surface area contributed by atoms with Crippen molar-refractivity contribution in [3.8, 4) is 0 Å². The summed E-state index contributed by atoms with van der Waals surface area (Å²) in [5, 5.41) is 1.81. The fourth-order valence-corrected chi connectivity index (χ4v) is 4.31. The van der Waals surface area contributed by atoms with Crippen molar-refractivity contribution >= 4 is 34.4 Å². The van der Waals surface area contributed by atoms with Gasteiger partial charge in [0.15, 0.2) is 6.17 Å². The monoisotopic (exact) mass is 374 g/mol. The Labute approximate surface area is 125 Å². The SMILES string of the molecule is COC(=O)N1CC[C@@]2(I)c3ccccc3N(OC)[C@@H]12. The zero-order valence-corrected chi connectivity index (χ0v) is 13.0. The standard InChI is InChI=1S/C13H15IN2O3/c1-18-12(17)15-8-7-13(14)9-5-3-4-6-10(9)16(19-2)11(13)15/h3-6,11H,7-8H2,1-2H3/t11-,13-/m1/s1. The number of benzene rings is 1. The first kappa shape index (κ1) is 13.0. The maximum absolute atomic E-state index is 11.9. The summed E-state index contributed by atoms with van der Waals surface area (Å²) in [6.07, 6.45) is 0.436. The van der Waals surface area contributed by atoms with Crippen LogP contribution in [0, 0.1) is 0 Å². The molecule has 0 spiro atoms. The van der Waals surface area contributed by atoms with Gasteiger partial charge in [0, 0.05) is 6.54 Å². The van der Waals surface area contributed by atoms with Crippen molar-refractivity contribution in [1.29, 1.82) is 0 Å². The molecule has 2 aliphatic heterocycles. The first-order valence-corrected chi connectivity index (χ1v) is 7.17. The highest BCUT2D eigenvalue weighted by Crippen LogP contribution is 2.56. The lowest BCUT2D eigenvalue weighted by molar-refractivity contribution is 0.0686. The highest BCUT2D eigenvalue weighted by molar-refractivity contribution is 14.1. The largest absolute Gasteiger partial charge is 0.453 e. The molecular weight excluding hydrogens is 359 g/mol. The van der Waals surface area contributed by atoms with Crippen LogP contribution in [-0.2, 0) is 13.0 Å². The molecule has 0 saturated carbocycles. The number of methoxy groups -OCH3 is 1. The van der Waals surface area contributed by atoms with Crippen LogP contribution in [0.15, 0.2) is 24.3 Å². The molecule has 102 valence electrons. The number of carbonyl (C=O) groups is 1. The van der Waals surface area contributed by atoms with E-state index in [0.717, 1.165) is 12.1 Å². The predicted octanol–water partition coefficient (Wildman–Crippen LogP) is 2.50. The van der Waals surface area contributed by atoms with Crippen molar-refractivity contribution in [2.75, 3.05) is 25.8 Å². The van der Waals surface area contributed by atoms with Crippen LogP contribution < -0.4 is 5.06 Å². The number of anilines is 1. The van der Waals surface area contributed by atoms with Gasteiger partial charge in [-0.3, -0.25) is 9.74 Å². The Bertz CT molecular complexity index is 524. The molecule has 1 aromatic carbocycles. The lowest BCUT2D eigenvalue weighted by Crippen LogP contribution is -2.49. The van der Waals surface area contributed by atoms with Gasteiger partial charge in [0.1, 0.15) is 0 Å². The van der Waals surface area contributed by atoms with Gasteiger partial charge in [0.05, 0.1) is 23.3 Å². The number of ether oxygens (including phenoxy) is 1. The van der Waals surface area contributed by atoms with Crippen molar-refractivity contribution in [2.45, 2.75) is 16.0 Å². The number of likely N-dealkylation sites (tertiary alicyclic amines) is 1. The molecular formula is C13H15IN2O3. The second-order valence-electron chi connectivity index (χ2n) is 4.68. The maximum atomic E-state index is 11.9. The first-order valence-electron chi connectivity index (χ1n) is 6.10. The van der Waals surface area contributed by atoms with E-state index in [0.29, 0.717) is 6.54 Å². The smallest absolute Gasteiger partial charge is 0.411 e. The van der Waals surface area contributed by atoms with Gasteiger partial charge in [0.25, 0.3) is 0 Å². The molecule has 0 bridgehead atoms. The predicted molar refractivity (Wildman–Crippen MR) is 79.1 cm³/mol. The van der Waals surface area contributed by atoms with Crippen LogP contribution in [0.25, 0.3) is 0 Å². The van der Waals surface area contributed by atoms with Gasteiger partial charge in [-0.25, -0.2) is 9.86 Å². The van der Waals surface area contributed by atoms with Gasteiger partial charge in [-0.1, -0.05) is 40.8 Å². The van der Waals surface area contributed by atoms with E-state index in [-0.39, 0.29) is 15.7 Å². The van der Waals surface area contributed by atoms with Crippen LogP contribution in [0.4, 0.5) is 10.5 Å². The Morgan fingerprint density at radius 1 is 1.42 bits per heavy atom. The van der Waals surface area contributed by atoms with Crippen LogP contribution in [-0.4, -0.2) is 37.9 Å². The average Bonchev–Trinajstić information content (AvgIpc) is 2.89. The molecule has 19 heavy (non-hydrogen) atoms. The van der Waals surface area contributed by atoms with Crippen molar-refractivity contribution in [3.63, 3.8) is 0 Å². The summed E-state index contributed by atoms with van der Waals surface area (Å²) in [6.45, 7) is 0.675. The molecule has 0 radical (unpaired) electrons. The molecule has 6 heteroatoms. The fourth-order valence-electron chi connectivity index (χ4n) is 3.02. The normalized spacial score (nSPS) is 28.3. The molecule has 5 nitrogen and oxygen atoms in total. The molecule has 0 aromatic heterocycles. The lowest BCUT2D eigenvalue weighted by atomic mass is 9.98.